The van der Waals surface area contributed by atoms with Crippen LogP contribution in [0.15, 0.2) is 97.3 Å². The van der Waals surface area contributed by atoms with Gasteiger partial charge in [-0.05, 0) is 46.0 Å². The van der Waals surface area contributed by atoms with Crippen molar-refractivity contribution in [3.05, 3.63) is 125 Å². The summed E-state index contributed by atoms with van der Waals surface area (Å²) in [6.07, 6.45) is 3.37. The van der Waals surface area contributed by atoms with Gasteiger partial charge in [0, 0.05) is 50.6 Å². The molecule has 2 saturated heterocycles. The number of aliphatic hydroxyl groups excluding tert-OH is 1. The van der Waals surface area contributed by atoms with Gasteiger partial charge in [0.2, 0.25) is 0 Å². The number of carbonyl (C=O) groups excluding carboxylic acids is 1. The molecule has 43 heavy (non-hydrogen) atoms. The van der Waals surface area contributed by atoms with Gasteiger partial charge in [-0.3, -0.25) is 14.7 Å². The van der Waals surface area contributed by atoms with E-state index in [0.29, 0.717) is 12.1 Å². The van der Waals surface area contributed by atoms with Crippen LogP contribution in [0.3, 0.4) is 0 Å². The summed E-state index contributed by atoms with van der Waals surface area (Å²) in [6, 6.07) is 28.0. The average Bonchev–Trinajstić information content (AvgIpc) is 3.08. The van der Waals surface area contributed by atoms with Gasteiger partial charge in [0.25, 0.3) is 5.91 Å². The van der Waals surface area contributed by atoms with E-state index in [2.05, 4.69) is 51.6 Å². The summed E-state index contributed by atoms with van der Waals surface area (Å²) in [7, 11) is 0. The lowest BCUT2D eigenvalue weighted by Crippen LogP contribution is -2.44. The highest BCUT2D eigenvalue weighted by atomic mass is 16.7. The highest BCUT2D eigenvalue weighted by Gasteiger charge is 2.33. The molecule has 2 fully saturated rings. The third kappa shape index (κ3) is 7.54. The molecule has 8 heteroatoms. The van der Waals surface area contributed by atoms with Gasteiger partial charge < -0.3 is 24.6 Å². The Morgan fingerprint density at radius 1 is 0.884 bits per heavy atom. The predicted octanol–water partition coefficient (Wildman–Crippen LogP) is 5.05. The van der Waals surface area contributed by atoms with Crippen LogP contribution in [0, 0.1) is 0 Å². The minimum absolute atomic E-state index is 0.0117. The lowest BCUT2D eigenvalue weighted by atomic mass is 9.99. The monoisotopic (exact) mass is 579 g/mol. The highest BCUT2D eigenvalue weighted by Crippen LogP contribution is 2.38. The maximum Gasteiger partial charge on any atom is 0.253 e. The van der Waals surface area contributed by atoms with Gasteiger partial charge in [-0.2, -0.15) is 0 Å². The second-order valence-corrected chi connectivity index (χ2v) is 11.0. The van der Waals surface area contributed by atoms with Gasteiger partial charge in [0.05, 0.1) is 37.6 Å². The van der Waals surface area contributed by atoms with Crippen molar-refractivity contribution in [1.82, 2.24) is 15.2 Å². The quantitative estimate of drug-likeness (QED) is 0.287. The van der Waals surface area contributed by atoms with E-state index in [-0.39, 0.29) is 24.7 Å². The Morgan fingerprint density at radius 2 is 1.67 bits per heavy atom. The number of nitrogens with one attached hydrogen (secondary N) is 1. The molecule has 6 rings (SSSR count). The fourth-order valence-electron chi connectivity index (χ4n) is 5.58. The summed E-state index contributed by atoms with van der Waals surface area (Å²) in [4.78, 5) is 18.9. The molecule has 3 aromatic carbocycles. The van der Waals surface area contributed by atoms with Gasteiger partial charge in [0.15, 0.2) is 6.29 Å². The second kappa shape index (κ2) is 14.0. The molecule has 0 bridgehead atoms. The van der Waals surface area contributed by atoms with Crippen LogP contribution in [0.2, 0.25) is 0 Å². The molecule has 0 spiro atoms. The van der Waals surface area contributed by atoms with E-state index in [9.17, 15) is 9.90 Å². The Labute approximate surface area is 252 Å². The number of aliphatic hydroxyl groups is 1. The maximum atomic E-state index is 12.4. The summed E-state index contributed by atoms with van der Waals surface area (Å²) >= 11 is 0. The molecule has 0 saturated carbocycles. The van der Waals surface area contributed by atoms with Gasteiger partial charge >= 0.3 is 0 Å². The van der Waals surface area contributed by atoms with Crippen LogP contribution in [-0.2, 0) is 27.4 Å². The van der Waals surface area contributed by atoms with Crippen molar-refractivity contribution in [2.75, 3.05) is 32.8 Å². The zero-order chi connectivity index (χ0) is 29.4. The molecule has 222 valence electrons. The number of rotatable bonds is 9. The number of hydrogen-bond acceptors (Lipinski definition) is 7. The molecule has 8 nitrogen and oxygen atoms in total. The standard InChI is InChI=1S/C35H37N3O5/c39-24-25-6-8-28(9-7-25)33-20-32(23-38-15-17-41-18-16-38)42-35(43-33)29-12-10-27(11-13-29)30-4-1-3-26(19-30)21-37-34(40)31-5-2-14-36-22-31/h1-14,19,22,32-33,35,39H,15-18,20-21,23-24H2,(H,37,40)/t32-,33+,35+/m0/s1. The first-order chi connectivity index (χ1) is 21.1. The first-order valence-corrected chi connectivity index (χ1v) is 14.8. The Kier molecular flexibility index (Phi) is 9.52. The lowest BCUT2D eigenvalue weighted by Gasteiger charge is -2.39. The smallest absolute Gasteiger partial charge is 0.253 e. The summed E-state index contributed by atoms with van der Waals surface area (Å²) in [5.41, 5.74) is 6.62. The van der Waals surface area contributed by atoms with Crippen LogP contribution in [0.5, 0.6) is 0 Å². The summed E-state index contributed by atoms with van der Waals surface area (Å²) in [5, 5.41) is 12.4. The zero-order valence-corrected chi connectivity index (χ0v) is 24.1. The topological polar surface area (TPSA) is 93.2 Å². The van der Waals surface area contributed by atoms with Crippen LogP contribution in [0.1, 0.15) is 51.4 Å². The predicted molar refractivity (Wildman–Crippen MR) is 163 cm³/mol. The van der Waals surface area contributed by atoms with Crippen LogP contribution in [0.25, 0.3) is 11.1 Å². The molecule has 3 atom stereocenters. The lowest BCUT2D eigenvalue weighted by molar-refractivity contribution is -0.253. The molecule has 0 aliphatic carbocycles. The summed E-state index contributed by atoms with van der Waals surface area (Å²) in [6.45, 7) is 4.58. The molecule has 1 amide bonds. The number of benzene rings is 3. The number of amides is 1. The molecule has 0 unspecified atom stereocenters. The number of aromatic nitrogens is 1. The van der Waals surface area contributed by atoms with Crippen molar-refractivity contribution in [2.24, 2.45) is 0 Å². The van der Waals surface area contributed by atoms with E-state index >= 15 is 0 Å². The fourth-order valence-corrected chi connectivity index (χ4v) is 5.58. The molecule has 2 aliphatic heterocycles. The number of morpholine rings is 1. The van der Waals surface area contributed by atoms with Crippen LogP contribution >= 0.6 is 0 Å². The minimum atomic E-state index is -0.495. The Hall–Kier alpha value is -3.92. The van der Waals surface area contributed by atoms with Gasteiger partial charge in [-0.1, -0.05) is 66.7 Å². The van der Waals surface area contributed by atoms with Crippen LogP contribution in [-0.4, -0.2) is 59.8 Å². The maximum absolute atomic E-state index is 12.4. The molecular weight excluding hydrogens is 542 g/mol. The first kappa shape index (κ1) is 29.2. The third-order valence-corrected chi connectivity index (χ3v) is 8.00. The Morgan fingerprint density at radius 3 is 2.42 bits per heavy atom. The van der Waals surface area contributed by atoms with Crippen molar-refractivity contribution in [3.8, 4) is 11.1 Å². The van der Waals surface area contributed by atoms with Crippen LogP contribution in [0.4, 0.5) is 0 Å². The molecule has 2 N–H and O–H groups in total. The van der Waals surface area contributed by atoms with E-state index in [4.69, 9.17) is 14.2 Å². The second-order valence-electron chi connectivity index (χ2n) is 11.0. The highest BCUT2D eigenvalue weighted by molar-refractivity contribution is 5.93. The number of ether oxygens (including phenoxy) is 3. The van der Waals surface area contributed by atoms with Crippen molar-refractivity contribution in [1.29, 1.82) is 0 Å². The number of carbonyl (C=O) groups is 1. The molecule has 2 aliphatic rings. The summed E-state index contributed by atoms with van der Waals surface area (Å²) in [5.74, 6) is -0.148. The van der Waals surface area contributed by atoms with Gasteiger partial charge in [-0.25, -0.2) is 0 Å². The van der Waals surface area contributed by atoms with E-state index in [1.54, 1.807) is 24.5 Å². The molecule has 3 heterocycles. The minimum Gasteiger partial charge on any atom is -0.392 e. The van der Waals surface area contributed by atoms with Crippen molar-refractivity contribution in [2.45, 2.75) is 38.1 Å². The molecule has 4 aromatic rings. The van der Waals surface area contributed by atoms with E-state index in [1.165, 1.54) is 0 Å². The largest absolute Gasteiger partial charge is 0.392 e. The summed E-state index contributed by atoms with van der Waals surface area (Å²) < 4.78 is 18.6. The molecular formula is C35H37N3O5. The Bertz CT molecular complexity index is 1470. The number of pyridine rings is 1. The number of nitrogens with zero attached hydrogens (tertiary/aromatic N) is 2. The third-order valence-electron chi connectivity index (χ3n) is 8.00. The van der Waals surface area contributed by atoms with Crippen LogP contribution < -0.4 is 5.32 Å². The molecule has 0 radical (unpaired) electrons. The SMILES string of the molecule is O=C(NCc1cccc(-c2ccc([C@@H]3O[C@H](CN4CCOCC4)C[C@H](c4ccc(CO)cc4)O3)cc2)c1)c1cccnc1. The number of hydrogen-bond donors (Lipinski definition) is 2. The van der Waals surface area contributed by atoms with E-state index < -0.39 is 6.29 Å². The fraction of sp³-hybridized carbons (Fsp3) is 0.314. The first-order valence-electron chi connectivity index (χ1n) is 14.8. The Balaban J connectivity index is 1.15. The average molecular weight is 580 g/mol. The van der Waals surface area contributed by atoms with E-state index in [1.807, 2.05) is 36.4 Å². The molecule has 1 aromatic heterocycles. The van der Waals surface area contributed by atoms with Crippen molar-refractivity contribution >= 4 is 5.91 Å². The van der Waals surface area contributed by atoms with Gasteiger partial charge in [-0.15, -0.1) is 0 Å². The van der Waals surface area contributed by atoms with Crippen molar-refractivity contribution < 1.29 is 24.1 Å². The van der Waals surface area contributed by atoms with E-state index in [0.717, 1.165) is 72.6 Å². The van der Waals surface area contributed by atoms with Crippen molar-refractivity contribution in [3.63, 3.8) is 0 Å². The normalized spacial score (nSPS) is 20.9. The van der Waals surface area contributed by atoms with Gasteiger partial charge in [0.1, 0.15) is 0 Å². The zero-order valence-electron chi connectivity index (χ0n) is 24.1.